The molecule has 0 radical (unpaired) electrons. The van der Waals surface area contributed by atoms with E-state index in [1.54, 1.807) is 36.9 Å². The molecule has 7 heteroatoms. The Hall–Kier alpha value is -3.35. The predicted octanol–water partition coefficient (Wildman–Crippen LogP) is 1.20. The van der Waals surface area contributed by atoms with Crippen LogP contribution in [-0.2, 0) is 6.42 Å². The third-order valence-corrected chi connectivity index (χ3v) is 3.43. The lowest BCUT2D eigenvalue weighted by atomic mass is 10.2. The van der Waals surface area contributed by atoms with Crippen LogP contribution in [0.4, 0.5) is 0 Å². The first-order valence-corrected chi connectivity index (χ1v) is 7.41. The smallest absolute Gasteiger partial charge is 0.264 e. The van der Waals surface area contributed by atoms with Gasteiger partial charge >= 0.3 is 0 Å². The Morgan fingerprint density at radius 3 is 2.62 bits per heavy atom. The first-order chi connectivity index (χ1) is 11.7. The first-order valence-electron chi connectivity index (χ1n) is 7.41. The maximum Gasteiger partial charge on any atom is 0.264 e. The summed E-state index contributed by atoms with van der Waals surface area (Å²) in [6, 6.07) is 7.28. The van der Waals surface area contributed by atoms with E-state index >= 15 is 0 Å². The van der Waals surface area contributed by atoms with Crippen LogP contribution >= 0.6 is 0 Å². The van der Waals surface area contributed by atoms with E-state index in [9.17, 15) is 9.59 Å². The SMILES string of the molecule is O=C(NCCc1ccncc1)c1cnc(-c2cccnc2)[nH]c1=O. The highest BCUT2D eigenvalue weighted by Crippen LogP contribution is 2.10. The van der Waals surface area contributed by atoms with Crippen LogP contribution in [0.3, 0.4) is 0 Å². The molecule has 24 heavy (non-hydrogen) atoms. The highest BCUT2D eigenvalue weighted by molar-refractivity contribution is 5.93. The number of H-pyrrole nitrogens is 1. The lowest BCUT2D eigenvalue weighted by Crippen LogP contribution is -2.31. The summed E-state index contributed by atoms with van der Waals surface area (Å²) < 4.78 is 0. The van der Waals surface area contributed by atoms with Gasteiger partial charge in [-0.15, -0.1) is 0 Å². The van der Waals surface area contributed by atoms with Gasteiger partial charge < -0.3 is 10.3 Å². The van der Waals surface area contributed by atoms with Crippen molar-refractivity contribution in [1.29, 1.82) is 0 Å². The van der Waals surface area contributed by atoms with Gasteiger partial charge in [-0.25, -0.2) is 4.98 Å². The van der Waals surface area contributed by atoms with Gasteiger partial charge in [-0.1, -0.05) is 0 Å². The maximum absolute atomic E-state index is 12.1. The molecule has 0 bridgehead atoms. The van der Waals surface area contributed by atoms with Gasteiger partial charge in [-0.05, 0) is 36.2 Å². The molecule has 3 heterocycles. The average Bonchev–Trinajstić information content (AvgIpc) is 2.63. The van der Waals surface area contributed by atoms with E-state index in [4.69, 9.17) is 0 Å². The molecule has 0 atom stereocenters. The van der Waals surface area contributed by atoms with Gasteiger partial charge in [0.15, 0.2) is 0 Å². The number of carbonyl (C=O) groups excluding carboxylic acids is 1. The van der Waals surface area contributed by atoms with E-state index in [-0.39, 0.29) is 5.56 Å². The molecule has 0 saturated heterocycles. The lowest BCUT2D eigenvalue weighted by Gasteiger charge is -2.05. The van der Waals surface area contributed by atoms with Gasteiger partial charge in [-0.2, -0.15) is 0 Å². The summed E-state index contributed by atoms with van der Waals surface area (Å²) in [5.74, 6) is -0.0722. The number of nitrogens with zero attached hydrogens (tertiary/aromatic N) is 3. The van der Waals surface area contributed by atoms with Crippen molar-refractivity contribution in [3.05, 3.63) is 76.7 Å². The van der Waals surface area contributed by atoms with Crippen molar-refractivity contribution in [3.8, 4) is 11.4 Å². The molecule has 3 aromatic rings. The molecular weight excluding hydrogens is 306 g/mol. The third-order valence-electron chi connectivity index (χ3n) is 3.43. The molecule has 3 rings (SSSR count). The van der Waals surface area contributed by atoms with E-state index in [1.807, 2.05) is 12.1 Å². The fourth-order valence-corrected chi connectivity index (χ4v) is 2.17. The van der Waals surface area contributed by atoms with Gasteiger partial charge in [0.2, 0.25) is 0 Å². The summed E-state index contributed by atoms with van der Waals surface area (Å²) in [6.45, 7) is 0.423. The Kier molecular flexibility index (Phi) is 4.71. The second-order valence-corrected chi connectivity index (χ2v) is 5.08. The topological polar surface area (TPSA) is 101 Å². The Bertz CT molecular complexity index is 878. The molecule has 0 spiro atoms. The summed E-state index contributed by atoms with van der Waals surface area (Å²) in [5.41, 5.74) is 1.24. The molecule has 0 aliphatic rings. The van der Waals surface area contributed by atoms with Crippen molar-refractivity contribution >= 4 is 5.91 Å². The van der Waals surface area contributed by atoms with Gasteiger partial charge in [0.1, 0.15) is 11.4 Å². The van der Waals surface area contributed by atoms with Crippen molar-refractivity contribution in [2.24, 2.45) is 0 Å². The molecular formula is C17H15N5O2. The normalized spacial score (nSPS) is 10.3. The first kappa shape index (κ1) is 15.5. The van der Waals surface area contributed by atoms with E-state index in [2.05, 4.69) is 25.3 Å². The fourth-order valence-electron chi connectivity index (χ4n) is 2.17. The van der Waals surface area contributed by atoms with Crippen molar-refractivity contribution in [1.82, 2.24) is 25.3 Å². The molecule has 0 fully saturated rings. The molecule has 0 aliphatic heterocycles. The van der Waals surface area contributed by atoms with Crippen LogP contribution in [0.5, 0.6) is 0 Å². The van der Waals surface area contributed by atoms with Crippen molar-refractivity contribution < 1.29 is 4.79 Å². The molecule has 7 nitrogen and oxygen atoms in total. The summed E-state index contributed by atoms with van der Waals surface area (Å²) in [4.78, 5) is 38.9. The minimum absolute atomic E-state index is 0.0163. The van der Waals surface area contributed by atoms with Gasteiger partial charge in [-0.3, -0.25) is 19.6 Å². The zero-order valence-electron chi connectivity index (χ0n) is 12.8. The molecule has 3 aromatic heterocycles. The third kappa shape index (κ3) is 3.70. The van der Waals surface area contributed by atoms with E-state index in [0.717, 1.165) is 5.56 Å². The van der Waals surface area contributed by atoms with Gasteiger partial charge in [0.25, 0.3) is 11.5 Å². The molecule has 0 aliphatic carbocycles. The number of rotatable bonds is 5. The standard InChI is InChI=1S/C17H15N5O2/c23-16(20-9-5-12-3-7-18-8-4-12)14-11-21-15(22-17(14)24)13-2-1-6-19-10-13/h1-4,6-8,10-11H,5,9H2,(H,20,23)(H,21,22,24). The average molecular weight is 321 g/mol. The number of amides is 1. The number of hydrogen-bond donors (Lipinski definition) is 2. The van der Waals surface area contributed by atoms with Gasteiger partial charge in [0.05, 0.1) is 0 Å². The molecule has 2 N–H and O–H groups in total. The Labute approximate surface area is 137 Å². The van der Waals surface area contributed by atoms with Crippen LogP contribution < -0.4 is 10.9 Å². The monoisotopic (exact) mass is 321 g/mol. The largest absolute Gasteiger partial charge is 0.351 e. The summed E-state index contributed by atoms with van der Waals surface area (Å²) in [7, 11) is 0. The molecule has 120 valence electrons. The van der Waals surface area contributed by atoms with Crippen LogP contribution in [0.1, 0.15) is 15.9 Å². The second kappa shape index (κ2) is 7.28. The van der Waals surface area contributed by atoms with Gasteiger partial charge in [0, 0.05) is 43.1 Å². The quantitative estimate of drug-likeness (QED) is 0.735. The number of aromatic nitrogens is 4. The highest BCUT2D eigenvalue weighted by Gasteiger charge is 2.12. The molecule has 1 amide bonds. The summed E-state index contributed by atoms with van der Waals surface area (Å²) in [6.07, 6.45) is 8.56. The minimum Gasteiger partial charge on any atom is -0.351 e. The van der Waals surface area contributed by atoms with Crippen molar-refractivity contribution in [2.75, 3.05) is 6.54 Å². The number of aromatic amines is 1. The van der Waals surface area contributed by atoms with Crippen LogP contribution in [0.2, 0.25) is 0 Å². The molecule has 0 unspecified atom stereocenters. The van der Waals surface area contributed by atoms with E-state index < -0.39 is 11.5 Å². The predicted molar refractivity (Wildman–Crippen MR) is 88.4 cm³/mol. The maximum atomic E-state index is 12.1. The van der Waals surface area contributed by atoms with Crippen molar-refractivity contribution in [2.45, 2.75) is 6.42 Å². The Morgan fingerprint density at radius 1 is 1.08 bits per heavy atom. The molecule has 0 aromatic carbocycles. The molecule has 0 saturated carbocycles. The van der Waals surface area contributed by atoms with E-state index in [1.165, 1.54) is 6.20 Å². The fraction of sp³-hybridized carbons (Fsp3) is 0.118. The lowest BCUT2D eigenvalue weighted by molar-refractivity contribution is 0.0952. The zero-order chi connectivity index (χ0) is 16.8. The van der Waals surface area contributed by atoms with Crippen LogP contribution in [0, 0.1) is 0 Å². The Balaban J connectivity index is 1.66. The second-order valence-electron chi connectivity index (χ2n) is 5.08. The number of hydrogen-bond acceptors (Lipinski definition) is 5. The number of carbonyl (C=O) groups is 1. The number of pyridine rings is 2. The Morgan fingerprint density at radius 2 is 1.92 bits per heavy atom. The minimum atomic E-state index is -0.481. The van der Waals surface area contributed by atoms with E-state index in [0.29, 0.717) is 24.4 Å². The van der Waals surface area contributed by atoms with Crippen LogP contribution in [-0.4, -0.2) is 32.4 Å². The van der Waals surface area contributed by atoms with Crippen molar-refractivity contribution in [3.63, 3.8) is 0 Å². The summed E-state index contributed by atoms with van der Waals surface area (Å²) in [5, 5.41) is 2.72. The zero-order valence-corrected chi connectivity index (χ0v) is 12.8. The van der Waals surface area contributed by atoms with Crippen LogP contribution in [0.15, 0.2) is 60.0 Å². The number of nitrogens with one attached hydrogen (secondary N) is 2. The summed E-state index contributed by atoms with van der Waals surface area (Å²) >= 11 is 0. The van der Waals surface area contributed by atoms with Crippen LogP contribution in [0.25, 0.3) is 11.4 Å². The highest BCUT2D eigenvalue weighted by atomic mass is 16.2.